The van der Waals surface area contributed by atoms with Crippen molar-refractivity contribution >= 4 is 39.6 Å². The van der Waals surface area contributed by atoms with Crippen LogP contribution < -0.4 is 10.9 Å². The smallest absolute Gasteiger partial charge is 0.276 e. The highest BCUT2D eigenvalue weighted by atomic mass is 35.5. The molecule has 0 aliphatic rings. The average Bonchev–Trinajstić information content (AvgIpc) is 3.23. The number of para-hydroxylation sites is 1. The molecule has 1 aromatic carbocycles. The molecule has 0 saturated heterocycles. The van der Waals surface area contributed by atoms with E-state index >= 15 is 0 Å². The molecule has 7 nitrogen and oxygen atoms in total. The molecular formula is C16H10ClN5O2S. The van der Waals surface area contributed by atoms with Crippen molar-refractivity contribution in [2.24, 2.45) is 0 Å². The zero-order valence-corrected chi connectivity index (χ0v) is 14.2. The first-order valence-electron chi connectivity index (χ1n) is 7.21. The minimum Gasteiger partial charge on any atom is -0.296 e. The minimum atomic E-state index is -0.417. The van der Waals surface area contributed by atoms with Crippen molar-refractivity contribution in [2.45, 2.75) is 0 Å². The van der Waals surface area contributed by atoms with Crippen LogP contribution in [0, 0.1) is 0 Å². The van der Waals surface area contributed by atoms with Gasteiger partial charge in [0, 0.05) is 29.9 Å². The number of nitrogens with zero attached hydrogens (tertiary/aromatic N) is 4. The van der Waals surface area contributed by atoms with Gasteiger partial charge in [0.2, 0.25) is 0 Å². The zero-order valence-electron chi connectivity index (χ0n) is 12.6. The maximum atomic E-state index is 12.7. The van der Waals surface area contributed by atoms with Gasteiger partial charge in [0.05, 0.1) is 10.7 Å². The maximum absolute atomic E-state index is 12.7. The molecule has 3 aromatic heterocycles. The molecule has 3 heterocycles. The summed E-state index contributed by atoms with van der Waals surface area (Å²) < 4.78 is 2.76. The number of rotatable bonds is 3. The topological polar surface area (TPSA) is 81.3 Å². The Kier molecular flexibility index (Phi) is 3.83. The first-order chi connectivity index (χ1) is 12.1. The normalized spacial score (nSPS) is 10.9. The standard InChI is InChI=1S/C16H10ClN5O2S/c17-10-3-1-2-4-11(10)21-12(15(24)20-16-19-7-8-25-16)9-13-18-6-5-14(23)22(13)21/h1-9H,(H,19,20,24). The number of carbonyl (C=O) groups is 1. The predicted molar refractivity (Wildman–Crippen MR) is 95.9 cm³/mol. The average molecular weight is 372 g/mol. The van der Waals surface area contributed by atoms with E-state index in [4.69, 9.17) is 11.6 Å². The minimum absolute atomic E-state index is 0.221. The van der Waals surface area contributed by atoms with E-state index in [-0.39, 0.29) is 11.3 Å². The summed E-state index contributed by atoms with van der Waals surface area (Å²) in [6, 6.07) is 9.81. The second kappa shape index (κ2) is 6.15. The van der Waals surface area contributed by atoms with E-state index in [2.05, 4.69) is 15.3 Å². The SMILES string of the molecule is O=C(Nc1nccs1)c1cc2nccc(=O)n2n1-c1ccccc1Cl. The second-order valence-electron chi connectivity index (χ2n) is 5.04. The van der Waals surface area contributed by atoms with Gasteiger partial charge >= 0.3 is 0 Å². The molecule has 9 heteroatoms. The van der Waals surface area contributed by atoms with E-state index in [1.807, 2.05) is 0 Å². The summed E-state index contributed by atoms with van der Waals surface area (Å²) >= 11 is 7.59. The van der Waals surface area contributed by atoms with Gasteiger partial charge in [0.15, 0.2) is 10.8 Å². The third-order valence-electron chi connectivity index (χ3n) is 3.51. The molecule has 0 radical (unpaired) electrons. The lowest BCUT2D eigenvalue weighted by Crippen LogP contribution is -2.24. The van der Waals surface area contributed by atoms with Crippen LogP contribution in [0.5, 0.6) is 0 Å². The largest absolute Gasteiger partial charge is 0.296 e. The summed E-state index contributed by atoms with van der Waals surface area (Å²) in [5.74, 6) is -0.417. The number of thiazole rings is 1. The highest BCUT2D eigenvalue weighted by Gasteiger charge is 2.20. The molecule has 0 bridgehead atoms. The molecule has 124 valence electrons. The molecule has 1 N–H and O–H groups in total. The van der Waals surface area contributed by atoms with Crippen LogP contribution in [-0.4, -0.2) is 25.1 Å². The third kappa shape index (κ3) is 2.71. The molecule has 0 aliphatic carbocycles. The number of anilines is 1. The predicted octanol–water partition coefficient (Wildman–Crippen LogP) is 2.85. The Balaban J connectivity index is 1.97. The monoisotopic (exact) mass is 371 g/mol. The van der Waals surface area contributed by atoms with Crippen molar-refractivity contribution in [2.75, 3.05) is 5.32 Å². The van der Waals surface area contributed by atoms with Crippen molar-refractivity contribution in [3.8, 4) is 5.69 Å². The Morgan fingerprint density at radius 1 is 1.16 bits per heavy atom. The van der Waals surface area contributed by atoms with Crippen LogP contribution in [-0.2, 0) is 0 Å². The molecule has 4 rings (SSSR count). The summed E-state index contributed by atoms with van der Waals surface area (Å²) in [7, 11) is 0. The zero-order chi connectivity index (χ0) is 17.4. The molecule has 0 fully saturated rings. The quantitative estimate of drug-likeness (QED) is 0.600. The number of fused-ring (bicyclic) bond motifs is 1. The van der Waals surface area contributed by atoms with Crippen molar-refractivity contribution in [1.82, 2.24) is 19.2 Å². The molecule has 0 atom stereocenters. The van der Waals surface area contributed by atoms with Crippen molar-refractivity contribution in [3.05, 3.63) is 75.2 Å². The fourth-order valence-corrected chi connectivity index (χ4v) is 3.21. The van der Waals surface area contributed by atoms with Crippen LogP contribution in [0.1, 0.15) is 10.5 Å². The highest BCUT2D eigenvalue weighted by Crippen LogP contribution is 2.23. The van der Waals surface area contributed by atoms with Gasteiger partial charge < -0.3 is 0 Å². The molecule has 0 unspecified atom stereocenters. The van der Waals surface area contributed by atoms with Gasteiger partial charge in [-0.25, -0.2) is 14.6 Å². The lowest BCUT2D eigenvalue weighted by atomic mass is 10.3. The van der Waals surface area contributed by atoms with Gasteiger partial charge in [0.25, 0.3) is 11.5 Å². The lowest BCUT2D eigenvalue weighted by Gasteiger charge is -2.11. The first-order valence-corrected chi connectivity index (χ1v) is 8.46. The van der Waals surface area contributed by atoms with Crippen LogP contribution in [0.15, 0.2) is 59.0 Å². The summed E-state index contributed by atoms with van der Waals surface area (Å²) in [6.45, 7) is 0. The van der Waals surface area contributed by atoms with Crippen molar-refractivity contribution in [3.63, 3.8) is 0 Å². The van der Waals surface area contributed by atoms with Crippen LogP contribution >= 0.6 is 22.9 Å². The van der Waals surface area contributed by atoms with E-state index < -0.39 is 5.91 Å². The van der Waals surface area contributed by atoms with E-state index in [9.17, 15) is 9.59 Å². The molecule has 1 amide bonds. The Morgan fingerprint density at radius 2 is 2.00 bits per heavy atom. The number of hydrogen-bond donors (Lipinski definition) is 1. The van der Waals surface area contributed by atoms with Crippen LogP contribution in [0.4, 0.5) is 5.13 Å². The first kappa shape index (κ1) is 15.6. The van der Waals surface area contributed by atoms with Crippen molar-refractivity contribution in [1.29, 1.82) is 0 Å². The van der Waals surface area contributed by atoms with E-state index in [1.54, 1.807) is 35.8 Å². The number of nitrogens with one attached hydrogen (secondary N) is 1. The molecule has 0 spiro atoms. The van der Waals surface area contributed by atoms with Gasteiger partial charge in [-0.05, 0) is 12.1 Å². The molecule has 4 aromatic rings. The Labute approximate surface area is 150 Å². The summed E-state index contributed by atoms with van der Waals surface area (Å²) in [4.78, 5) is 33.3. The molecule has 25 heavy (non-hydrogen) atoms. The van der Waals surface area contributed by atoms with Gasteiger partial charge in [-0.2, -0.15) is 4.52 Å². The molecular weight excluding hydrogens is 362 g/mol. The van der Waals surface area contributed by atoms with Crippen LogP contribution in [0.25, 0.3) is 11.3 Å². The number of halogens is 1. The van der Waals surface area contributed by atoms with Crippen molar-refractivity contribution < 1.29 is 4.79 Å². The van der Waals surface area contributed by atoms with Crippen LogP contribution in [0.2, 0.25) is 5.02 Å². The lowest BCUT2D eigenvalue weighted by molar-refractivity contribution is 0.101. The number of aromatic nitrogens is 4. The highest BCUT2D eigenvalue weighted by molar-refractivity contribution is 7.13. The van der Waals surface area contributed by atoms with E-state index in [0.717, 1.165) is 0 Å². The fraction of sp³-hybridized carbons (Fsp3) is 0. The van der Waals surface area contributed by atoms with Gasteiger partial charge in [-0.15, -0.1) is 11.3 Å². The Bertz CT molecular complexity index is 1130. The number of hydrogen-bond acceptors (Lipinski definition) is 5. The van der Waals surface area contributed by atoms with Gasteiger partial charge in [-0.1, -0.05) is 23.7 Å². The Hall–Kier alpha value is -2.97. The van der Waals surface area contributed by atoms with E-state index in [1.165, 1.54) is 38.9 Å². The number of carbonyl (C=O) groups excluding carboxylic acids is 1. The maximum Gasteiger partial charge on any atom is 0.276 e. The molecule has 0 saturated carbocycles. The van der Waals surface area contributed by atoms with Gasteiger partial charge in [-0.3, -0.25) is 14.9 Å². The summed E-state index contributed by atoms with van der Waals surface area (Å²) in [5, 5.41) is 5.33. The Morgan fingerprint density at radius 3 is 2.76 bits per heavy atom. The van der Waals surface area contributed by atoms with Crippen LogP contribution in [0.3, 0.4) is 0 Å². The number of benzene rings is 1. The molecule has 0 aliphatic heterocycles. The van der Waals surface area contributed by atoms with Gasteiger partial charge in [0.1, 0.15) is 5.69 Å². The fourth-order valence-electron chi connectivity index (χ4n) is 2.48. The third-order valence-corrected chi connectivity index (χ3v) is 4.52. The summed E-state index contributed by atoms with van der Waals surface area (Å²) in [5.41, 5.74) is 0.743. The summed E-state index contributed by atoms with van der Waals surface area (Å²) in [6.07, 6.45) is 2.99. The second-order valence-corrected chi connectivity index (χ2v) is 6.34. The van der Waals surface area contributed by atoms with E-state index in [0.29, 0.717) is 21.5 Å². The number of amides is 1.